The molecule has 0 aromatic carbocycles. The number of imidazole rings is 1. The summed E-state index contributed by atoms with van der Waals surface area (Å²) in [5.41, 5.74) is 1.00. The Morgan fingerprint density at radius 1 is 1.52 bits per heavy atom. The first-order chi connectivity index (χ1) is 11.1. The second-order valence-electron chi connectivity index (χ2n) is 4.72. The first-order valence-corrected chi connectivity index (χ1v) is 7.79. The summed E-state index contributed by atoms with van der Waals surface area (Å²) in [5.74, 6) is -0.395. The lowest BCUT2D eigenvalue weighted by Crippen LogP contribution is -2.02. The molecular weight excluding hydrogens is 318 g/mol. The van der Waals surface area contributed by atoms with Crippen LogP contribution in [0.25, 0.3) is 10.5 Å². The van der Waals surface area contributed by atoms with Crippen molar-refractivity contribution in [2.24, 2.45) is 0 Å². The predicted molar refractivity (Wildman–Crippen MR) is 85.8 cm³/mol. The van der Waals surface area contributed by atoms with Gasteiger partial charge in [-0.15, -0.1) is 0 Å². The maximum Gasteiger partial charge on any atom is 0.349 e. The molecule has 8 heteroatoms. The van der Waals surface area contributed by atoms with Crippen LogP contribution in [-0.2, 0) is 4.74 Å². The van der Waals surface area contributed by atoms with Crippen LogP contribution in [0, 0.1) is 10.1 Å². The molecule has 0 fully saturated rings. The molecule has 0 saturated carbocycles. The molecule has 2 aromatic rings. The Hall–Kier alpha value is -2.74. The Morgan fingerprint density at radius 3 is 3.04 bits per heavy atom. The third-order valence-corrected chi connectivity index (χ3v) is 4.21. The van der Waals surface area contributed by atoms with Gasteiger partial charge in [-0.1, -0.05) is 29.6 Å². The van der Waals surface area contributed by atoms with Crippen molar-refractivity contribution in [3.8, 4) is 0 Å². The van der Waals surface area contributed by atoms with Crippen molar-refractivity contribution in [3.05, 3.63) is 63.1 Å². The van der Waals surface area contributed by atoms with Crippen molar-refractivity contribution in [3.63, 3.8) is 0 Å². The molecule has 23 heavy (non-hydrogen) atoms. The Kier molecular flexibility index (Phi) is 4.07. The standard InChI is InChI=1S/C15H13N3O4S/c1-2-22-14(19)13-9-17-8-11(16-15(17)23-13)10-6-4-3-5-7-12(10)18(20)21/h3,5-9H,2,4H2,1H3. The number of hydrogen-bond acceptors (Lipinski definition) is 6. The van der Waals surface area contributed by atoms with E-state index < -0.39 is 10.9 Å². The topological polar surface area (TPSA) is 86.7 Å². The number of thiazole rings is 1. The number of ether oxygens (including phenoxy) is 1. The summed E-state index contributed by atoms with van der Waals surface area (Å²) in [6, 6.07) is 0. The van der Waals surface area contributed by atoms with Crippen LogP contribution in [0.2, 0.25) is 0 Å². The number of aromatic nitrogens is 2. The number of allylic oxidation sites excluding steroid dienone is 5. The zero-order valence-electron chi connectivity index (χ0n) is 12.3. The summed E-state index contributed by atoms with van der Waals surface area (Å²) >= 11 is 1.19. The number of carbonyl (C=O) groups is 1. The van der Waals surface area contributed by atoms with Crippen molar-refractivity contribution >= 4 is 27.8 Å². The first-order valence-electron chi connectivity index (χ1n) is 6.98. The highest BCUT2D eigenvalue weighted by molar-refractivity contribution is 7.18. The van der Waals surface area contributed by atoms with Gasteiger partial charge in [-0.25, -0.2) is 9.78 Å². The molecule has 0 radical (unpaired) electrons. The van der Waals surface area contributed by atoms with Crippen LogP contribution in [0.5, 0.6) is 0 Å². The minimum Gasteiger partial charge on any atom is -0.462 e. The summed E-state index contributed by atoms with van der Waals surface area (Å²) in [6.45, 7) is 2.05. The van der Waals surface area contributed by atoms with Crippen LogP contribution in [0.15, 0.2) is 42.4 Å². The first kappa shape index (κ1) is 15.2. The number of rotatable bonds is 4. The zero-order chi connectivity index (χ0) is 16.4. The molecule has 0 unspecified atom stereocenters. The fraction of sp³-hybridized carbons (Fsp3) is 0.200. The molecule has 3 rings (SSSR count). The highest BCUT2D eigenvalue weighted by Crippen LogP contribution is 2.28. The lowest BCUT2D eigenvalue weighted by Gasteiger charge is -2.00. The van der Waals surface area contributed by atoms with Gasteiger partial charge in [0.15, 0.2) is 4.96 Å². The monoisotopic (exact) mass is 331 g/mol. The van der Waals surface area contributed by atoms with E-state index >= 15 is 0 Å². The van der Waals surface area contributed by atoms with Gasteiger partial charge in [0.05, 0.1) is 22.8 Å². The Labute approximate surface area is 135 Å². The minimum absolute atomic E-state index is 0.00937. The van der Waals surface area contributed by atoms with Gasteiger partial charge < -0.3 is 4.74 Å². The third-order valence-electron chi connectivity index (χ3n) is 3.23. The lowest BCUT2D eigenvalue weighted by molar-refractivity contribution is -0.416. The molecule has 2 heterocycles. The molecular formula is C15H13N3O4S. The Bertz CT molecular complexity index is 841. The van der Waals surface area contributed by atoms with E-state index in [0.717, 1.165) is 0 Å². The van der Waals surface area contributed by atoms with Crippen LogP contribution in [0.1, 0.15) is 28.7 Å². The highest BCUT2D eigenvalue weighted by Gasteiger charge is 2.23. The van der Waals surface area contributed by atoms with E-state index in [9.17, 15) is 14.9 Å². The molecule has 0 spiro atoms. The fourth-order valence-corrected chi connectivity index (χ4v) is 3.10. The summed E-state index contributed by atoms with van der Waals surface area (Å²) in [5, 5.41) is 11.2. The van der Waals surface area contributed by atoms with Crippen LogP contribution < -0.4 is 0 Å². The lowest BCUT2D eigenvalue weighted by atomic mass is 10.1. The molecule has 0 bridgehead atoms. The van der Waals surface area contributed by atoms with E-state index in [2.05, 4.69) is 4.98 Å². The van der Waals surface area contributed by atoms with Crippen molar-refractivity contribution < 1.29 is 14.5 Å². The molecule has 7 nitrogen and oxygen atoms in total. The quantitative estimate of drug-likeness (QED) is 0.488. The second kappa shape index (κ2) is 6.17. The van der Waals surface area contributed by atoms with E-state index in [-0.39, 0.29) is 5.70 Å². The number of nitrogens with zero attached hydrogens (tertiary/aromatic N) is 3. The maximum atomic E-state index is 11.7. The average molecular weight is 331 g/mol. The molecule has 1 aliphatic carbocycles. The van der Waals surface area contributed by atoms with Gasteiger partial charge in [-0.2, -0.15) is 0 Å². The molecule has 2 aromatic heterocycles. The summed E-state index contributed by atoms with van der Waals surface area (Å²) in [6.07, 6.45) is 10.7. The van der Waals surface area contributed by atoms with Crippen LogP contribution in [0.4, 0.5) is 0 Å². The van der Waals surface area contributed by atoms with Crippen molar-refractivity contribution in [2.45, 2.75) is 13.3 Å². The van der Waals surface area contributed by atoms with E-state index in [0.29, 0.717) is 34.1 Å². The van der Waals surface area contributed by atoms with Gasteiger partial charge in [0.2, 0.25) is 0 Å². The van der Waals surface area contributed by atoms with Crippen molar-refractivity contribution in [1.82, 2.24) is 9.38 Å². The molecule has 0 atom stereocenters. The van der Waals surface area contributed by atoms with E-state index in [4.69, 9.17) is 4.74 Å². The molecule has 0 aliphatic heterocycles. The minimum atomic E-state index is -0.418. The Balaban J connectivity index is 1.97. The van der Waals surface area contributed by atoms with Crippen LogP contribution >= 0.6 is 11.3 Å². The van der Waals surface area contributed by atoms with E-state index in [1.54, 1.807) is 35.9 Å². The van der Waals surface area contributed by atoms with Gasteiger partial charge in [0, 0.05) is 18.5 Å². The molecule has 118 valence electrons. The smallest absolute Gasteiger partial charge is 0.349 e. The number of hydrogen-bond donors (Lipinski definition) is 0. The van der Waals surface area contributed by atoms with Gasteiger partial charge in [0.1, 0.15) is 4.88 Å². The van der Waals surface area contributed by atoms with Crippen LogP contribution in [0.3, 0.4) is 0 Å². The van der Waals surface area contributed by atoms with Crippen LogP contribution in [-0.4, -0.2) is 26.9 Å². The van der Waals surface area contributed by atoms with E-state index in [1.165, 1.54) is 17.4 Å². The summed E-state index contributed by atoms with van der Waals surface area (Å²) in [4.78, 5) is 28.0. The van der Waals surface area contributed by atoms with Crippen molar-refractivity contribution in [1.29, 1.82) is 0 Å². The number of fused-ring (bicyclic) bond motifs is 1. The molecule has 1 aliphatic rings. The zero-order valence-corrected chi connectivity index (χ0v) is 13.1. The Morgan fingerprint density at radius 2 is 2.35 bits per heavy atom. The number of nitro groups is 1. The molecule has 0 N–H and O–H groups in total. The number of esters is 1. The van der Waals surface area contributed by atoms with Gasteiger partial charge in [0.25, 0.3) is 5.70 Å². The third kappa shape index (κ3) is 2.93. The molecule has 0 saturated heterocycles. The largest absolute Gasteiger partial charge is 0.462 e. The van der Waals surface area contributed by atoms with E-state index in [1.807, 2.05) is 6.08 Å². The van der Waals surface area contributed by atoms with Crippen molar-refractivity contribution in [2.75, 3.05) is 6.61 Å². The van der Waals surface area contributed by atoms with Gasteiger partial charge >= 0.3 is 5.97 Å². The normalized spacial score (nSPS) is 14.3. The summed E-state index contributed by atoms with van der Waals surface area (Å²) < 4.78 is 6.63. The van der Waals surface area contributed by atoms with Gasteiger partial charge in [-0.3, -0.25) is 14.5 Å². The highest BCUT2D eigenvalue weighted by atomic mass is 32.1. The summed E-state index contributed by atoms with van der Waals surface area (Å²) in [7, 11) is 0. The SMILES string of the molecule is CCOC(=O)c1cn2cc(C3=CCC=CC=C3[N+](=O)[O-])nc2s1. The van der Waals surface area contributed by atoms with Gasteiger partial charge in [-0.05, 0) is 13.3 Å². The second-order valence-corrected chi connectivity index (χ2v) is 5.73. The predicted octanol–water partition coefficient (Wildman–Crippen LogP) is 3.08. The maximum absolute atomic E-state index is 11.7. The number of carbonyl (C=O) groups excluding carboxylic acids is 1. The fourth-order valence-electron chi connectivity index (χ4n) is 2.23. The average Bonchev–Trinajstić information content (AvgIpc) is 2.97. The molecule has 0 amide bonds.